The summed E-state index contributed by atoms with van der Waals surface area (Å²) in [6, 6.07) is 0.266. The van der Waals surface area contributed by atoms with Gasteiger partial charge < -0.3 is 4.55 Å². The van der Waals surface area contributed by atoms with Crippen LogP contribution in [0.25, 0.3) is 0 Å². The zero-order valence-corrected chi connectivity index (χ0v) is 7.60. The summed E-state index contributed by atoms with van der Waals surface area (Å²) in [6.07, 6.45) is 5.67. The lowest BCUT2D eigenvalue weighted by molar-refractivity contribution is 0.279. The minimum Gasteiger partial charge on any atom is -0.760 e. The largest absolute Gasteiger partial charge is 0.760 e. The third kappa shape index (κ3) is 2.54. The van der Waals surface area contributed by atoms with Crippen molar-refractivity contribution in [2.75, 3.05) is 7.05 Å². The number of hydrogen-bond acceptors (Lipinski definition) is 2. The molecule has 1 atom stereocenters. The molecular formula is C7H14NO2S-. The van der Waals surface area contributed by atoms with E-state index in [2.05, 4.69) is 0 Å². The van der Waals surface area contributed by atoms with Gasteiger partial charge in [0.1, 0.15) is 0 Å². The summed E-state index contributed by atoms with van der Waals surface area (Å²) >= 11 is -2.02. The topological polar surface area (TPSA) is 43.4 Å². The average molecular weight is 176 g/mol. The van der Waals surface area contributed by atoms with Crippen LogP contribution in [0.15, 0.2) is 0 Å². The fourth-order valence-corrected chi connectivity index (χ4v) is 2.02. The highest BCUT2D eigenvalue weighted by Gasteiger charge is 2.17. The third-order valence-corrected chi connectivity index (χ3v) is 3.09. The number of hydrogen-bond donors (Lipinski definition) is 0. The Hall–Kier alpha value is 0.0700. The van der Waals surface area contributed by atoms with Crippen LogP contribution >= 0.6 is 0 Å². The SMILES string of the molecule is CN(C1CCCCC1)S(=O)[O-]. The molecule has 0 aromatic rings. The molecule has 0 N–H and O–H groups in total. The fraction of sp³-hybridized carbons (Fsp3) is 1.00. The van der Waals surface area contributed by atoms with Gasteiger partial charge in [-0.2, -0.15) is 0 Å². The van der Waals surface area contributed by atoms with Crippen molar-refractivity contribution in [3.05, 3.63) is 0 Å². The molecule has 1 fully saturated rings. The van der Waals surface area contributed by atoms with E-state index in [0.29, 0.717) is 0 Å². The van der Waals surface area contributed by atoms with Crippen LogP contribution in [0.2, 0.25) is 0 Å². The lowest BCUT2D eigenvalue weighted by Gasteiger charge is -2.31. The van der Waals surface area contributed by atoms with Crippen molar-refractivity contribution in [2.45, 2.75) is 38.1 Å². The lowest BCUT2D eigenvalue weighted by atomic mass is 9.96. The molecule has 1 aliphatic rings. The molecular weight excluding hydrogens is 162 g/mol. The molecule has 66 valence electrons. The van der Waals surface area contributed by atoms with Crippen LogP contribution < -0.4 is 0 Å². The van der Waals surface area contributed by atoms with Gasteiger partial charge in [0, 0.05) is 17.3 Å². The van der Waals surface area contributed by atoms with Crippen molar-refractivity contribution < 1.29 is 8.76 Å². The van der Waals surface area contributed by atoms with E-state index in [9.17, 15) is 8.76 Å². The predicted octanol–water partition coefficient (Wildman–Crippen LogP) is 1.04. The first-order chi connectivity index (χ1) is 5.22. The van der Waals surface area contributed by atoms with Crippen LogP contribution in [0.5, 0.6) is 0 Å². The van der Waals surface area contributed by atoms with Gasteiger partial charge in [-0.25, -0.2) is 4.31 Å². The minimum absolute atomic E-state index is 0.266. The van der Waals surface area contributed by atoms with Crippen molar-refractivity contribution in [1.82, 2.24) is 4.31 Å². The van der Waals surface area contributed by atoms with E-state index in [4.69, 9.17) is 0 Å². The molecule has 1 saturated carbocycles. The van der Waals surface area contributed by atoms with Crippen LogP contribution in [0.1, 0.15) is 32.1 Å². The molecule has 0 aliphatic heterocycles. The Bertz CT molecular complexity index is 145. The Morgan fingerprint density at radius 3 is 2.36 bits per heavy atom. The van der Waals surface area contributed by atoms with E-state index < -0.39 is 11.3 Å². The second-order valence-electron chi connectivity index (χ2n) is 3.06. The van der Waals surface area contributed by atoms with E-state index in [0.717, 1.165) is 12.8 Å². The highest BCUT2D eigenvalue weighted by molar-refractivity contribution is 7.76. The molecule has 0 bridgehead atoms. The van der Waals surface area contributed by atoms with E-state index in [-0.39, 0.29) is 6.04 Å². The molecule has 0 spiro atoms. The second kappa shape index (κ2) is 4.18. The first kappa shape index (κ1) is 9.16. The third-order valence-electron chi connectivity index (χ3n) is 2.32. The maximum absolute atomic E-state index is 10.5. The summed E-state index contributed by atoms with van der Waals surface area (Å²) in [4.78, 5) is 0. The second-order valence-corrected chi connectivity index (χ2v) is 4.07. The van der Waals surface area contributed by atoms with E-state index in [1.807, 2.05) is 0 Å². The summed E-state index contributed by atoms with van der Waals surface area (Å²) in [5, 5.41) is 0. The highest BCUT2D eigenvalue weighted by atomic mass is 32.2. The van der Waals surface area contributed by atoms with Crippen molar-refractivity contribution in [3.8, 4) is 0 Å². The van der Waals surface area contributed by atoms with Crippen LogP contribution in [-0.4, -0.2) is 26.2 Å². The molecule has 0 aromatic carbocycles. The quantitative estimate of drug-likeness (QED) is 0.590. The monoisotopic (exact) mass is 176 g/mol. The Morgan fingerprint density at radius 2 is 1.91 bits per heavy atom. The normalized spacial score (nSPS) is 23.9. The Labute approximate surface area is 70.2 Å². The molecule has 0 heterocycles. The van der Waals surface area contributed by atoms with Gasteiger partial charge in [0.15, 0.2) is 0 Å². The Morgan fingerprint density at radius 1 is 1.36 bits per heavy atom. The maximum atomic E-state index is 10.5. The van der Waals surface area contributed by atoms with Gasteiger partial charge >= 0.3 is 0 Å². The molecule has 11 heavy (non-hydrogen) atoms. The van der Waals surface area contributed by atoms with E-state index in [1.54, 1.807) is 7.05 Å². The van der Waals surface area contributed by atoms with Gasteiger partial charge in [-0.3, -0.25) is 4.21 Å². The first-order valence-corrected chi connectivity index (χ1v) is 5.07. The molecule has 0 aromatic heterocycles. The van der Waals surface area contributed by atoms with Crippen molar-refractivity contribution in [2.24, 2.45) is 0 Å². The summed E-state index contributed by atoms with van der Waals surface area (Å²) in [5.74, 6) is 0. The fourth-order valence-electron chi connectivity index (χ4n) is 1.57. The zero-order valence-electron chi connectivity index (χ0n) is 6.78. The number of rotatable bonds is 2. The minimum atomic E-state index is -2.02. The molecule has 4 heteroatoms. The molecule has 3 nitrogen and oxygen atoms in total. The molecule has 0 saturated heterocycles. The van der Waals surface area contributed by atoms with Crippen LogP contribution in [0.4, 0.5) is 0 Å². The van der Waals surface area contributed by atoms with Gasteiger partial charge in [-0.15, -0.1) is 0 Å². The summed E-state index contributed by atoms with van der Waals surface area (Å²) in [6.45, 7) is 0. The molecule has 0 amide bonds. The summed E-state index contributed by atoms with van der Waals surface area (Å²) < 4.78 is 22.5. The van der Waals surface area contributed by atoms with Gasteiger partial charge in [0.2, 0.25) is 0 Å². The van der Waals surface area contributed by atoms with Gasteiger partial charge in [-0.05, 0) is 19.9 Å². The van der Waals surface area contributed by atoms with Crippen LogP contribution in [0, 0.1) is 0 Å². The number of nitrogens with zero attached hydrogens (tertiary/aromatic N) is 1. The maximum Gasteiger partial charge on any atom is 0.0212 e. The lowest BCUT2D eigenvalue weighted by Crippen LogP contribution is -2.34. The van der Waals surface area contributed by atoms with Crippen molar-refractivity contribution in [3.63, 3.8) is 0 Å². The van der Waals surface area contributed by atoms with E-state index in [1.165, 1.54) is 23.6 Å². The predicted molar refractivity (Wildman–Crippen MR) is 43.6 cm³/mol. The zero-order chi connectivity index (χ0) is 8.27. The van der Waals surface area contributed by atoms with Crippen molar-refractivity contribution in [1.29, 1.82) is 0 Å². The smallest absolute Gasteiger partial charge is 0.0212 e. The first-order valence-electron chi connectivity index (χ1n) is 4.04. The Kier molecular flexibility index (Phi) is 3.48. The van der Waals surface area contributed by atoms with E-state index >= 15 is 0 Å². The standard InChI is InChI=1S/C7H15NO2S/c1-8(11(9)10)7-5-3-2-4-6-7/h7H,2-6H2,1H3,(H,9,10)/p-1. The molecule has 1 aliphatic carbocycles. The van der Waals surface area contributed by atoms with Gasteiger partial charge in [0.25, 0.3) is 0 Å². The van der Waals surface area contributed by atoms with Crippen molar-refractivity contribution >= 4 is 11.3 Å². The highest BCUT2D eigenvalue weighted by Crippen LogP contribution is 2.21. The Balaban J connectivity index is 2.38. The van der Waals surface area contributed by atoms with Crippen LogP contribution in [-0.2, 0) is 11.3 Å². The molecule has 1 rings (SSSR count). The van der Waals surface area contributed by atoms with Gasteiger partial charge in [0.05, 0.1) is 0 Å². The van der Waals surface area contributed by atoms with Crippen LogP contribution in [0.3, 0.4) is 0 Å². The summed E-state index contributed by atoms with van der Waals surface area (Å²) in [5.41, 5.74) is 0. The van der Waals surface area contributed by atoms with Gasteiger partial charge in [-0.1, -0.05) is 19.3 Å². The average Bonchev–Trinajstić information content (AvgIpc) is 2.05. The molecule has 0 radical (unpaired) electrons. The summed E-state index contributed by atoms with van der Waals surface area (Å²) in [7, 11) is 1.65. The molecule has 1 unspecified atom stereocenters.